The Morgan fingerprint density at radius 1 is 1.32 bits per heavy atom. The maximum Gasteiger partial charge on any atom is 0.269 e. The fraction of sp³-hybridized carbons (Fsp3) is 0.100. The van der Waals surface area contributed by atoms with Crippen molar-refractivity contribution < 1.29 is 17.9 Å². The molecular formula is C10H9N3O5S. The molecule has 9 heteroatoms. The summed E-state index contributed by atoms with van der Waals surface area (Å²) in [5.74, 6) is -0.0177. The number of nitrogens with one attached hydrogen (secondary N) is 1. The Morgan fingerprint density at radius 2 is 1.95 bits per heavy atom. The molecule has 0 radical (unpaired) electrons. The average Bonchev–Trinajstić information content (AvgIpc) is 2.74. The maximum absolute atomic E-state index is 11.9. The van der Waals surface area contributed by atoms with E-state index < -0.39 is 14.9 Å². The lowest BCUT2D eigenvalue weighted by Gasteiger charge is -2.03. The number of sulfonamides is 1. The summed E-state index contributed by atoms with van der Waals surface area (Å²) in [6.07, 6.45) is 0. The Labute approximate surface area is 108 Å². The van der Waals surface area contributed by atoms with E-state index in [0.29, 0.717) is 5.69 Å². The Morgan fingerprint density at radius 3 is 2.42 bits per heavy atom. The molecule has 100 valence electrons. The molecule has 0 bridgehead atoms. The van der Waals surface area contributed by atoms with Gasteiger partial charge in [-0.25, -0.2) is 13.1 Å². The van der Waals surface area contributed by atoms with Crippen molar-refractivity contribution >= 4 is 21.6 Å². The van der Waals surface area contributed by atoms with Crippen molar-refractivity contribution in [2.75, 3.05) is 4.72 Å². The normalized spacial score (nSPS) is 11.2. The highest BCUT2D eigenvalue weighted by atomic mass is 32.2. The summed E-state index contributed by atoms with van der Waals surface area (Å²) in [4.78, 5) is 9.76. The highest BCUT2D eigenvalue weighted by molar-refractivity contribution is 7.92. The van der Waals surface area contributed by atoms with Crippen molar-refractivity contribution in [3.05, 3.63) is 46.1 Å². The fourth-order valence-corrected chi connectivity index (χ4v) is 2.32. The molecule has 1 aromatic heterocycles. The van der Waals surface area contributed by atoms with Gasteiger partial charge in [0, 0.05) is 18.2 Å². The van der Waals surface area contributed by atoms with Crippen molar-refractivity contribution in [3.63, 3.8) is 0 Å². The number of benzene rings is 1. The lowest BCUT2D eigenvalue weighted by Crippen LogP contribution is -2.12. The van der Waals surface area contributed by atoms with Crippen LogP contribution in [0.1, 0.15) is 5.69 Å². The predicted octanol–water partition coefficient (Wildman–Crippen LogP) is 1.69. The van der Waals surface area contributed by atoms with Crippen molar-refractivity contribution in [3.8, 4) is 0 Å². The molecule has 1 aromatic carbocycles. The van der Waals surface area contributed by atoms with Crippen LogP contribution in [0.4, 0.5) is 11.6 Å². The molecule has 0 saturated heterocycles. The fourth-order valence-electron chi connectivity index (χ4n) is 1.35. The Kier molecular flexibility index (Phi) is 3.21. The van der Waals surface area contributed by atoms with Gasteiger partial charge in [-0.05, 0) is 19.1 Å². The first kappa shape index (κ1) is 13.0. The van der Waals surface area contributed by atoms with Crippen LogP contribution < -0.4 is 4.72 Å². The number of nitrogens with zero attached hydrogens (tertiary/aromatic N) is 2. The van der Waals surface area contributed by atoms with E-state index in [9.17, 15) is 18.5 Å². The van der Waals surface area contributed by atoms with Gasteiger partial charge in [-0.15, -0.1) is 0 Å². The number of hydrogen-bond acceptors (Lipinski definition) is 6. The zero-order chi connectivity index (χ0) is 14.0. The average molecular weight is 283 g/mol. The standard InChI is InChI=1S/C10H9N3O5S/c1-7-6-10(18-11-7)12-19(16,17)9-4-2-8(3-5-9)13(14)15/h2-6,12H,1H3. The smallest absolute Gasteiger partial charge is 0.269 e. The third kappa shape index (κ3) is 2.88. The second kappa shape index (κ2) is 4.69. The molecule has 0 atom stereocenters. The van der Waals surface area contributed by atoms with E-state index >= 15 is 0 Å². The molecule has 0 unspecified atom stereocenters. The Bertz CT molecular complexity index is 705. The number of aromatic nitrogens is 1. The summed E-state index contributed by atoms with van der Waals surface area (Å²) < 4.78 is 30.8. The number of nitro benzene ring substituents is 1. The van der Waals surface area contributed by atoms with Crippen LogP contribution in [0.15, 0.2) is 39.8 Å². The van der Waals surface area contributed by atoms with Gasteiger partial charge in [-0.1, -0.05) is 5.16 Å². The van der Waals surface area contributed by atoms with Crippen LogP contribution in [0.2, 0.25) is 0 Å². The van der Waals surface area contributed by atoms with Crippen LogP contribution in [0.5, 0.6) is 0 Å². The van der Waals surface area contributed by atoms with Crippen molar-refractivity contribution in [1.29, 1.82) is 0 Å². The van der Waals surface area contributed by atoms with E-state index in [-0.39, 0.29) is 16.5 Å². The molecule has 19 heavy (non-hydrogen) atoms. The Balaban J connectivity index is 2.26. The van der Waals surface area contributed by atoms with Crippen LogP contribution in [0.3, 0.4) is 0 Å². The first-order valence-electron chi connectivity index (χ1n) is 5.09. The van der Waals surface area contributed by atoms with Gasteiger partial charge < -0.3 is 4.52 Å². The molecule has 2 aromatic rings. The number of anilines is 1. The molecule has 0 spiro atoms. The summed E-state index contributed by atoms with van der Waals surface area (Å²) in [6.45, 7) is 1.65. The van der Waals surface area contributed by atoms with Gasteiger partial charge >= 0.3 is 0 Å². The minimum atomic E-state index is -3.85. The maximum atomic E-state index is 11.9. The third-order valence-electron chi connectivity index (χ3n) is 2.22. The topological polar surface area (TPSA) is 115 Å². The molecular weight excluding hydrogens is 274 g/mol. The zero-order valence-electron chi connectivity index (χ0n) is 9.73. The summed E-state index contributed by atoms with van der Waals surface area (Å²) in [5, 5.41) is 14.0. The van der Waals surface area contributed by atoms with E-state index in [2.05, 4.69) is 9.88 Å². The Hall–Kier alpha value is -2.42. The van der Waals surface area contributed by atoms with Crippen molar-refractivity contribution in [2.45, 2.75) is 11.8 Å². The van der Waals surface area contributed by atoms with Crippen LogP contribution in [-0.4, -0.2) is 18.5 Å². The van der Waals surface area contributed by atoms with E-state index in [0.717, 1.165) is 24.3 Å². The van der Waals surface area contributed by atoms with Gasteiger partial charge in [0.25, 0.3) is 15.7 Å². The first-order chi connectivity index (χ1) is 8.88. The molecule has 0 aliphatic carbocycles. The minimum absolute atomic E-state index is 0.0177. The van der Waals surface area contributed by atoms with Gasteiger partial charge in [0.1, 0.15) is 0 Å². The van der Waals surface area contributed by atoms with Gasteiger partial charge in [-0.2, -0.15) is 0 Å². The minimum Gasteiger partial charge on any atom is -0.338 e. The van der Waals surface area contributed by atoms with E-state index in [1.165, 1.54) is 6.07 Å². The molecule has 0 fully saturated rings. The number of hydrogen-bond donors (Lipinski definition) is 1. The molecule has 0 aliphatic heterocycles. The summed E-state index contributed by atoms with van der Waals surface area (Å²) in [7, 11) is -3.85. The SMILES string of the molecule is Cc1cc(NS(=O)(=O)c2ccc([N+](=O)[O-])cc2)on1. The molecule has 1 heterocycles. The van der Waals surface area contributed by atoms with E-state index in [1.807, 2.05) is 0 Å². The van der Waals surface area contributed by atoms with Crippen LogP contribution in [0.25, 0.3) is 0 Å². The highest BCUT2D eigenvalue weighted by Crippen LogP contribution is 2.19. The first-order valence-corrected chi connectivity index (χ1v) is 6.57. The van der Waals surface area contributed by atoms with Crippen LogP contribution >= 0.6 is 0 Å². The van der Waals surface area contributed by atoms with Gasteiger partial charge in [0.05, 0.1) is 15.5 Å². The van der Waals surface area contributed by atoms with Gasteiger partial charge in [0.2, 0.25) is 5.88 Å². The number of nitro groups is 1. The highest BCUT2D eigenvalue weighted by Gasteiger charge is 2.17. The van der Waals surface area contributed by atoms with Crippen LogP contribution in [-0.2, 0) is 10.0 Å². The third-order valence-corrected chi connectivity index (χ3v) is 3.58. The molecule has 1 N–H and O–H groups in total. The number of non-ortho nitro benzene ring substituents is 1. The summed E-state index contributed by atoms with van der Waals surface area (Å²) >= 11 is 0. The van der Waals surface area contributed by atoms with E-state index in [1.54, 1.807) is 6.92 Å². The second-order valence-corrected chi connectivity index (χ2v) is 5.37. The molecule has 2 rings (SSSR count). The zero-order valence-corrected chi connectivity index (χ0v) is 10.5. The monoisotopic (exact) mass is 283 g/mol. The lowest BCUT2D eigenvalue weighted by molar-refractivity contribution is -0.384. The van der Waals surface area contributed by atoms with Crippen LogP contribution in [0, 0.1) is 17.0 Å². The predicted molar refractivity (Wildman–Crippen MR) is 65.1 cm³/mol. The molecule has 0 amide bonds. The molecule has 0 aliphatic rings. The summed E-state index contributed by atoms with van der Waals surface area (Å²) in [6, 6.07) is 5.93. The van der Waals surface area contributed by atoms with Crippen molar-refractivity contribution in [2.24, 2.45) is 0 Å². The molecule has 8 nitrogen and oxygen atoms in total. The lowest BCUT2D eigenvalue weighted by atomic mass is 10.3. The van der Waals surface area contributed by atoms with Gasteiger partial charge in [-0.3, -0.25) is 10.1 Å². The largest absolute Gasteiger partial charge is 0.338 e. The van der Waals surface area contributed by atoms with Gasteiger partial charge in [0.15, 0.2) is 0 Å². The summed E-state index contributed by atoms with van der Waals surface area (Å²) in [5.41, 5.74) is 0.343. The van der Waals surface area contributed by atoms with Crippen molar-refractivity contribution in [1.82, 2.24) is 5.16 Å². The van der Waals surface area contributed by atoms with E-state index in [4.69, 9.17) is 4.52 Å². The number of aryl methyl sites for hydroxylation is 1. The number of rotatable bonds is 4. The quantitative estimate of drug-likeness (QED) is 0.674. The second-order valence-electron chi connectivity index (χ2n) is 3.69. The molecule has 0 saturated carbocycles.